The molecule has 0 aromatic carbocycles. The molecule has 0 amide bonds. The lowest BCUT2D eigenvalue weighted by Gasteiger charge is -2.07. The summed E-state index contributed by atoms with van der Waals surface area (Å²) in [6.07, 6.45) is 10.5. The topological polar surface area (TPSA) is 119 Å². The fourth-order valence-electron chi connectivity index (χ4n) is 3.66. The number of hydrogen-bond donors (Lipinski definition) is 2. The van der Waals surface area contributed by atoms with E-state index in [4.69, 9.17) is 5.73 Å². The van der Waals surface area contributed by atoms with Crippen molar-refractivity contribution in [1.29, 1.82) is 0 Å². The monoisotopic (exact) mass is 443 g/mol. The smallest absolute Gasteiger partial charge is 0.228 e. The first-order valence-electron chi connectivity index (χ1n) is 10.6. The van der Waals surface area contributed by atoms with E-state index in [-0.39, 0.29) is 12.2 Å². The van der Waals surface area contributed by atoms with Crippen molar-refractivity contribution < 1.29 is 4.39 Å². The van der Waals surface area contributed by atoms with Gasteiger partial charge in [0.25, 0.3) is 0 Å². The molecule has 0 atom stereocenters. The van der Waals surface area contributed by atoms with Gasteiger partial charge in [0.15, 0.2) is 5.65 Å². The molecule has 10 heteroatoms. The minimum absolute atomic E-state index is 0.228. The SMILES string of the molecule is CN=C(C=CN)Nc1nccc(-c2ccn3c(Cc4nccc(C5CC5)c4F)nnc3c2)n1. The third-order valence-electron chi connectivity index (χ3n) is 5.50. The summed E-state index contributed by atoms with van der Waals surface area (Å²) in [6.45, 7) is 0. The molecule has 4 aromatic rings. The van der Waals surface area contributed by atoms with Crippen molar-refractivity contribution in [1.82, 2.24) is 29.5 Å². The van der Waals surface area contributed by atoms with Crippen LogP contribution in [0.25, 0.3) is 16.9 Å². The molecule has 0 saturated heterocycles. The van der Waals surface area contributed by atoms with Crippen LogP contribution in [0.3, 0.4) is 0 Å². The van der Waals surface area contributed by atoms with Gasteiger partial charge < -0.3 is 11.1 Å². The van der Waals surface area contributed by atoms with Crippen molar-refractivity contribution in [2.24, 2.45) is 10.7 Å². The first kappa shape index (κ1) is 20.7. The molecular formula is C23H22FN9. The Balaban J connectivity index is 1.41. The van der Waals surface area contributed by atoms with Gasteiger partial charge in [-0.1, -0.05) is 0 Å². The molecule has 1 aliphatic rings. The van der Waals surface area contributed by atoms with Crippen molar-refractivity contribution in [3.05, 3.63) is 78.0 Å². The van der Waals surface area contributed by atoms with Gasteiger partial charge in [-0.2, -0.15) is 0 Å². The number of nitrogens with two attached hydrogens (primary N) is 1. The Bertz CT molecular complexity index is 1370. The van der Waals surface area contributed by atoms with E-state index in [9.17, 15) is 4.39 Å². The average Bonchev–Trinajstić information content (AvgIpc) is 3.61. The number of rotatable bonds is 6. The van der Waals surface area contributed by atoms with Crippen LogP contribution in [-0.4, -0.2) is 42.4 Å². The Morgan fingerprint density at radius 2 is 2.09 bits per heavy atom. The van der Waals surface area contributed by atoms with Crippen LogP contribution in [-0.2, 0) is 6.42 Å². The molecule has 1 aliphatic carbocycles. The highest BCUT2D eigenvalue weighted by Gasteiger charge is 2.28. The highest BCUT2D eigenvalue weighted by Crippen LogP contribution is 2.41. The lowest BCUT2D eigenvalue weighted by Crippen LogP contribution is -2.12. The van der Waals surface area contributed by atoms with Gasteiger partial charge in [0.2, 0.25) is 5.95 Å². The molecule has 0 radical (unpaired) electrons. The second kappa shape index (κ2) is 8.73. The second-order valence-corrected chi connectivity index (χ2v) is 7.73. The van der Waals surface area contributed by atoms with Crippen LogP contribution in [0.4, 0.5) is 10.3 Å². The molecule has 9 nitrogen and oxygen atoms in total. The molecule has 3 N–H and O–H groups in total. The highest BCUT2D eigenvalue weighted by atomic mass is 19.1. The Kier molecular flexibility index (Phi) is 5.47. The summed E-state index contributed by atoms with van der Waals surface area (Å²) < 4.78 is 16.7. The maximum absolute atomic E-state index is 14.9. The molecule has 0 unspecified atom stereocenters. The summed E-state index contributed by atoms with van der Waals surface area (Å²) in [7, 11) is 1.65. The molecule has 5 rings (SSSR count). The van der Waals surface area contributed by atoms with Crippen LogP contribution in [0.2, 0.25) is 0 Å². The van der Waals surface area contributed by atoms with Crippen molar-refractivity contribution in [2.45, 2.75) is 25.2 Å². The number of amidine groups is 1. The molecule has 0 aliphatic heterocycles. The van der Waals surface area contributed by atoms with Gasteiger partial charge >= 0.3 is 0 Å². The Hall–Kier alpha value is -4.21. The van der Waals surface area contributed by atoms with E-state index in [1.165, 1.54) is 6.20 Å². The Labute approximate surface area is 189 Å². The fraction of sp³-hybridized carbons (Fsp3) is 0.217. The number of nitrogens with one attached hydrogen (secondary N) is 1. The van der Waals surface area contributed by atoms with Crippen LogP contribution >= 0.6 is 0 Å². The normalized spacial score (nSPS) is 14.3. The summed E-state index contributed by atoms with van der Waals surface area (Å²) in [5.74, 6) is 1.65. The summed E-state index contributed by atoms with van der Waals surface area (Å²) in [6, 6.07) is 7.36. The minimum Gasteiger partial charge on any atom is -0.404 e. The molecule has 1 fully saturated rings. The van der Waals surface area contributed by atoms with E-state index in [0.29, 0.717) is 40.6 Å². The van der Waals surface area contributed by atoms with Crippen LogP contribution in [0, 0.1) is 5.82 Å². The van der Waals surface area contributed by atoms with Gasteiger partial charge in [-0.3, -0.25) is 14.4 Å². The number of pyridine rings is 2. The van der Waals surface area contributed by atoms with Crippen LogP contribution in [0.5, 0.6) is 0 Å². The van der Waals surface area contributed by atoms with E-state index in [1.807, 2.05) is 22.7 Å². The number of hydrogen-bond acceptors (Lipinski definition) is 7. The Morgan fingerprint density at radius 3 is 2.88 bits per heavy atom. The van der Waals surface area contributed by atoms with Crippen molar-refractivity contribution in [3.8, 4) is 11.3 Å². The maximum Gasteiger partial charge on any atom is 0.228 e. The largest absolute Gasteiger partial charge is 0.404 e. The molecule has 1 saturated carbocycles. The Morgan fingerprint density at radius 1 is 1.24 bits per heavy atom. The summed E-state index contributed by atoms with van der Waals surface area (Å²) >= 11 is 0. The lowest BCUT2D eigenvalue weighted by atomic mass is 10.1. The van der Waals surface area contributed by atoms with Crippen molar-refractivity contribution in [2.75, 3.05) is 12.4 Å². The van der Waals surface area contributed by atoms with Crippen LogP contribution < -0.4 is 11.1 Å². The van der Waals surface area contributed by atoms with Gasteiger partial charge in [-0.25, -0.2) is 14.4 Å². The van der Waals surface area contributed by atoms with E-state index < -0.39 is 0 Å². The first-order valence-corrected chi connectivity index (χ1v) is 10.6. The maximum atomic E-state index is 14.9. The predicted octanol–water partition coefficient (Wildman–Crippen LogP) is 3.10. The van der Waals surface area contributed by atoms with Gasteiger partial charge in [0, 0.05) is 31.2 Å². The van der Waals surface area contributed by atoms with Gasteiger partial charge in [-0.05, 0) is 60.9 Å². The molecule has 166 valence electrons. The number of anilines is 1. The van der Waals surface area contributed by atoms with E-state index >= 15 is 0 Å². The molecule has 0 bridgehead atoms. The molecule has 4 heterocycles. The molecule has 33 heavy (non-hydrogen) atoms. The number of nitrogens with zero attached hydrogens (tertiary/aromatic N) is 7. The van der Waals surface area contributed by atoms with E-state index in [0.717, 1.165) is 24.0 Å². The lowest BCUT2D eigenvalue weighted by molar-refractivity contribution is 0.585. The quantitative estimate of drug-likeness (QED) is 0.347. The predicted molar refractivity (Wildman–Crippen MR) is 123 cm³/mol. The first-order chi connectivity index (χ1) is 16.2. The van der Waals surface area contributed by atoms with E-state index in [2.05, 4.69) is 35.5 Å². The molecule has 4 aromatic heterocycles. The van der Waals surface area contributed by atoms with E-state index in [1.54, 1.807) is 37.7 Å². The van der Waals surface area contributed by atoms with Gasteiger partial charge in [-0.15, -0.1) is 10.2 Å². The summed E-state index contributed by atoms with van der Waals surface area (Å²) in [5, 5.41) is 11.6. The third kappa shape index (κ3) is 4.27. The summed E-state index contributed by atoms with van der Waals surface area (Å²) in [5.41, 5.74) is 8.76. The van der Waals surface area contributed by atoms with Crippen molar-refractivity contribution >= 4 is 17.4 Å². The summed E-state index contributed by atoms with van der Waals surface area (Å²) in [4.78, 5) is 17.1. The number of fused-ring (bicyclic) bond motifs is 1. The third-order valence-corrected chi connectivity index (χ3v) is 5.50. The van der Waals surface area contributed by atoms with Gasteiger partial charge in [0.05, 0.1) is 17.8 Å². The zero-order valence-electron chi connectivity index (χ0n) is 18.0. The zero-order chi connectivity index (χ0) is 22.8. The highest BCUT2D eigenvalue weighted by molar-refractivity contribution is 6.02. The number of aliphatic imine (C=N–C) groups is 1. The van der Waals surface area contributed by atoms with Crippen molar-refractivity contribution in [3.63, 3.8) is 0 Å². The minimum atomic E-state index is -0.228. The van der Waals surface area contributed by atoms with Gasteiger partial charge in [0.1, 0.15) is 17.5 Å². The zero-order valence-corrected chi connectivity index (χ0v) is 18.0. The number of halogens is 1. The number of aromatic nitrogens is 6. The average molecular weight is 443 g/mol. The fourth-order valence-corrected chi connectivity index (χ4v) is 3.66. The van der Waals surface area contributed by atoms with Crippen LogP contribution in [0.15, 0.2) is 60.1 Å². The molecular weight excluding hydrogens is 421 g/mol. The van der Waals surface area contributed by atoms with Crippen LogP contribution in [0.1, 0.15) is 35.8 Å². The standard InChI is InChI=1S/C23H22FN9/c1-26-19(4-8-25)30-23-28-10-6-17(29-23)15-7-11-33-20(12-15)31-32-21(33)13-18-22(24)16(5-9-27-18)14-2-3-14/h4-12,14H,2-3,13,25H2,1H3,(H,26,28,29,30). The molecule has 0 spiro atoms. The second-order valence-electron chi connectivity index (χ2n) is 7.73.